The van der Waals surface area contributed by atoms with Gasteiger partial charge in [-0.05, 0) is 19.8 Å². The summed E-state index contributed by atoms with van der Waals surface area (Å²) in [4.78, 5) is 15.7. The number of carbonyl (C=O) groups is 1. The van der Waals surface area contributed by atoms with E-state index in [9.17, 15) is 4.79 Å². The predicted octanol–water partition coefficient (Wildman–Crippen LogP) is 1.88. The van der Waals surface area contributed by atoms with E-state index >= 15 is 0 Å². The molecule has 0 fully saturated rings. The molecule has 0 aliphatic carbocycles. The minimum absolute atomic E-state index is 0.0515. The summed E-state index contributed by atoms with van der Waals surface area (Å²) in [5.74, 6) is 0.160. The number of aromatic nitrogens is 2. The van der Waals surface area contributed by atoms with Crippen molar-refractivity contribution in [2.24, 2.45) is 5.92 Å². The Morgan fingerprint density at radius 3 is 2.63 bits per heavy atom. The number of hydrogen-bond donors (Lipinski definition) is 1. The first-order chi connectivity index (χ1) is 9.02. The van der Waals surface area contributed by atoms with E-state index in [1.807, 2.05) is 6.92 Å². The average molecular weight is 269 g/mol. The van der Waals surface area contributed by atoms with E-state index < -0.39 is 5.97 Å². The molecule has 0 bridgehead atoms. The SMILES string of the molecule is CCOCC(C(C)C)n1cnc(C(=O)OCC)c1N. The molecule has 6 heteroatoms. The Bertz CT molecular complexity index is 415. The van der Waals surface area contributed by atoms with Gasteiger partial charge in [-0.2, -0.15) is 0 Å². The van der Waals surface area contributed by atoms with Gasteiger partial charge in [0.2, 0.25) is 0 Å². The average Bonchev–Trinajstić information content (AvgIpc) is 2.72. The van der Waals surface area contributed by atoms with Crippen molar-refractivity contribution in [3.8, 4) is 0 Å². The molecule has 2 N–H and O–H groups in total. The molecule has 0 aliphatic heterocycles. The van der Waals surface area contributed by atoms with Crippen LogP contribution >= 0.6 is 0 Å². The standard InChI is InChI=1S/C13H23N3O3/c1-5-18-7-10(9(3)4)16-8-15-11(12(16)14)13(17)19-6-2/h8-10H,5-7,14H2,1-4H3. The topological polar surface area (TPSA) is 79.4 Å². The normalized spacial score (nSPS) is 12.7. The van der Waals surface area contributed by atoms with Gasteiger partial charge < -0.3 is 19.8 Å². The number of anilines is 1. The van der Waals surface area contributed by atoms with Gasteiger partial charge in [0.1, 0.15) is 5.82 Å². The molecule has 1 atom stereocenters. The summed E-state index contributed by atoms with van der Waals surface area (Å²) < 4.78 is 12.2. The van der Waals surface area contributed by atoms with Crippen LogP contribution in [-0.4, -0.2) is 35.3 Å². The number of imidazole rings is 1. The molecule has 1 aromatic rings. The maximum atomic E-state index is 11.7. The Kier molecular flexibility index (Phi) is 5.82. The van der Waals surface area contributed by atoms with Gasteiger partial charge in [0.05, 0.1) is 25.6 Å². The van der Waals surface area contributed by atoms with Gasteiger partial charge in [0.15, 0.2) is 5.69 Å². The van der Waals surface area contributed by atoms with Crippen molar-refractivity contribution >= 4 is 11.8 Å². The van der Waals surface area contributed by atoms with Crippen LogP contribution in [0.3, 0.4) is 0 Å². The van der Waals surface area contributed by atoms with Crippen molar-refractivity contribution in [2.45, 2.75) is 33.7 Å². The third kappa shape index (κ3) is 3.70. The molecule has 0 radical (unpaired) electrons. The summed E-state index contributed by atoms with van der Waals surface area (Å²) in [7, 11) is 0. The Balaban J connectivity index is 2.96. The molecule has 6 nitrogen and oxygen atoms in total. The summed E-state index contributed by atoms with van der Waals surface area (Å²) in [6, 6.07) is 0.0515. The third-order valence-electron chi connectivity index (χ3n) is 2.92. The van der Waals surface area contributed by atoms with Crippen molar-refractivity contribution in [1.82, 2.24) is 9.55 Å². The smallest absolute Gasteiger partial charge is 0.360 e. The van der Waals surface area contributed by atoms with Crippen LogP contribution < -0.4 is 5.73 Å². The zero-order chi connectivity index (χ0) is 14.4. The van der Waals surface area contributed by atoms with E-state index in [0.29, 0.717) is 31.6 Å². The van der Waals surface area contributed by atoms with Gasteiger partial charge in [0, 0.05) is 6.61 Å². The molecule has 0 spiro atoms. The lowest BCUT2D eigenvalue weighted by molar-refractivity contribution is 0.0521. The highest BCUT2D eigenvalue weighted by Gasteiger charge is 2.23. The Morgan fingerprint density at radius 2 is 2.11 bits per heavy atom. The van der Waals surface area contributed by atoms with Gasteiger partial charge in [-0.3, -0.25) is 0 Å². The van der Waals surface area contributed by atoms with Crippen LogP contribution in [-0.2, 0) is 9.47 Å². The molecular weight excluding hydrogens is 246 g/mol. The molecule has 0 aliphatic rings. The highest BCUT2D eigenvalue weighted by atomic mass is 16.5. The second-order valence-corrected chi connectivity index (χ2v) is 4.58. The number of esters is 1. The number of hydrogen-bond acceptors (Lipinski definition) is 5. The van der Waals surface area contributed by atoms with Crippen LogP contribution in [0.25, 0.3) is 0 Å². The van der Waals surface area contributed by atoms with Crippen molar-refractivity contribution < 1.29 is 14.3 Å². The lowest BCUT2D eigenvalue weighted by Crippen LogP contribution is -2.22. The van der Waals surface area contributed by atoms with E-state index in [-0.39, 0.29) is 11.7 Å². The van der Waals surface area contributed by atoms with Crippen molar-refractivity contribution in [3.63, 3.8) is 0 Å². The van der Waals surface area contributed by atoms with Gasteiger partial charge in [0.25, 0.3) is 0 Å². The fraction of sp³-hybridized carbons (Fsp3) is 0.692. The molecule has 1 unspecified atom stereocenters. The van der Waals surface area contributed by atoms with E-state index in [2.05, 4.69) is 18.8 Å². The number of nitrogens with two attached hydrogens (primary N) is 1. The Morgan fingerprint density at radius 1 is 1.42 bits per heavy atom. The monoisotopic (exact) mass is 269 g/mol. The van der Waals surface area contributed by atoms with Crippen LogP contribution in [0.15, 0.2) is 6.33 Å². The van der Waals surface area contributed by atoms with E-state index in [0.717, 1.165) is 0 Å². The molecule has 1 rings (SSSR count). The summed E-state index contributed by atoms with van der Waals surface area (Å²) >= 11 is 0. The third-order valence-corrected chi connectivity index (χ3v) is 2.92. The highest BCUT2D eigenvalue weighted by Crippen LogP contribution is 2.24. The molecule has 0 aromatic carbocycles. The van der Waals surface area contributed by atoms with Crippen LogP contribution in [0.5, 0.6) is 0 Å². The lowest BCUT2D eigenvalue weighted by atomic mass is 10.1. The molecule has 1 aromatic heterocycles. The summed E-state index contributed by atoms with van der Waals surface area (Å²) in [5, 5.41) is 0. The largest absolute Gasteiger partial charge is 0.461 e. The second kappa shape index (κ2) is 7.13. The lowest BCUT2D eigenvalue weighted by Gasteiger charge is -2.23. The van der Waals surface area contributed by atoms with E-state index in [1.54, 1.807) is 17.8 Å². The van der Waals surface area contributed by atoms with Gasteiger partial charge >= 0.3 is 5.97 Å². The fourth-order valence-electron chi connectivity index (χ4n) is 1.82. The molecule has 0 saturated carbocycles. The van der Waals surface area contributed by atoms with Gasteiger partial charge in [-0.15, -0.1) is 0 Å². The second-order valence-electron chi connectivity index (χ2n) is 4.58. The minimum Gasteiger partial charge on any atom is -0.461 e. The number of rotatable bonds is 7. The zero-order valence-corrected chi connectivity index (χ0v) is 12.0. The van der Waals surface area contributed by atoms with E-state index in [1.165, 1.54) is 0 Å². The molecular formula is C13H23N3O3. The predicted molar refractivity (Wildman–Crippen MR) is 73.0 cm³/mol. The first-order valence-electron chi connectivity index (χ1n) is 6.60. The van der Waals surface area contributed by atoms with Crippen LogP contribution in [0.4, 0.5) is 5.82 Å². The molecule has 1 heterocycles. The number of nitrogens with zero attached hydrogens (tertiary/aromatic N) is 2. The van der Waals surface area contributed by atoms with Crippen LogP contribution in [0, 0.1) is 5.92 Å². The Hall–Kier alpha value is -1.56. The maximum absolute atomic E-state index is 11.7. The van der Waals surface area contributed by atoms with E-state index in [4.69, 9.17) is 15.2 Å². The quantitative estimate of drug-likeness (QED) is 0.764. The molecule has 0 saturated heterocycles. The number of ether oxygens (including phenoxy) is 2. The number of nitrogen functional groups attached to an aromatic ring is 1. The maximum Gasteiger partial charge on any atom is 0.360 e. The molecule has 19 heavy (non-hydrogen) atoms. The fourth-order valence-corrected chi connectivity index (χ4v) is 1.82. The highest BCUT2D eigenvalue weighted by molar-refractivity contribution is 5.92. The van der Waals surface area contributed by atoms with Crippen molar-refractivity contribution in [1.29, 1.82) is 0 Å². The van der Waals surface area contributed by atoms with Crippen molar-refractivity contribution in [2.75, 3.05) is 25.6 Å². The van der Waals surface area contributed by atoms with Crippen LogP contribution in [0.2, 0.25) is 0 Å². The summed E-state index contributed by atoms with van der Waals surface area (Å²) in [5.41, 5.74) is 6.16. The first-order valence-corrected chi connectivity index (χ1v) is 6.60. The minimum atomic E-state index is -0.488. The van der Waals surface area contributed by atoms with Crippen molar-refractivity contribution in [3.05, 3.63) is 12.0 Å². The molecule has 108 valence electrons. The summed E-state index contributed by atoms with van der Waals surface area (Å²) in [6.45, 7) is 9.33. The van der Waals surface area contributed by atoms with Crippen LogP contribution in [0.1, 0.15) is 44.2 Å². The first kappa shape index (κ1) is 15.5. The number of carbonyl (C=O) groups excluding carboxylic acids is 1. The summed E-state index contributed by atoms with van der Waals surface area (Å²) in [6.07, 6.45) is 1.57. The van der Waals surface area contributed by atoms with Gasteiger partial charge in [-0.25, -0.2) is 9.78 Å². The Labute approximate surface area is 113 Å². The zero-order valence-electron chi connectivity index (χ0n) is 12.0. The van der Waals surface area contributed by atoms with Gasteiger partial charge in [-0.1, -0.05) is 13.8 Å². The molecule has 0 amide bonds.